The molecule has 1 aromatic carbocycles. The number of aliphatic hydroxyl groups excluding tert-OH is 1. The molecule has 6 heteroatoms. The normalized spacial score (nSPS) is 18.8. The fraction of sp³-hybridized carbons (Fsp3) is 0.364. The zero-order chi connectivity index (χ0) is 19.5. The molecule has 2 heterocycles. The van der Waals surface area contributed by atoms with Crippen LogP contribution in [0.2, 0.25) is 0 Å². The van der Waals surface area contributed by atoms with Crippen LogP contribution in [-0.2, 0) is 24.9 Å². The molecule has 1 atom stereocenters. The summed E-state index contributed by atoms with van der Waals surface area (Å²) in [6.45, 7) is 2.91. The van der Waals surface area contributed by atoms with Gasteiger partial charge in [-0.05, 0) is 43.5 Å². The van der Waals surface area contributed by atoms with Gasteiger partial charge in [0.15, 0.2) is 0 Å². The maximum atomic E-state index is 10.6. The highest BCUT2D eigenvalue weighted by Crippen LogP contribution is 2.27. The molecule has 0 radical (unpaired) electrons. The van der Waals surface area contributed by atoms with E-state index in [2.05, 4.69) is 34.3 Å². The lowest BCUT2D eigenvalue weighted by molar-refractivity contribution is 0.0526. The summed E-state index contributed by atoms with van der Waals surface area (Å²) in [6.07, 6.45) is 7.18. The molecule has 4 rings (SSSR count). The minimum Gasteiger partial charge on any atom is -0.487 e. The zero-order valence-electron chi connectivity index (χ0n) is 16.2. The van der Waals surface area contributed by atoms with Crippen LogP contribution in [-0.4, -0.2) is 31.2 Å². The molecule has 28 heavy (non-hydrogen) atoms. The topological polar surface area (TPSA) is 63.4 Å². The summed E-state index contributed by atoms with van der Waals surface area (Å²) in [4.78, 5) is 1.93. The summed E-state index contributed by atoms with van der Waals surface area (Å²) >= 11 is 0. The van der Waals surface area contributed by atoms with Gasteiger partial charge < -0.3 is 14.7 Å². The molecule has 6 nitrogen and oxygen atoms in total. The second kappa shape index (κ2) is 7.91. The van der Waals surface area contributed by atoms with Gasteiger partial charge in [0.25, 0.3) is 0 Å². The van der Waals surface area contributed by atoms with Gasteiger partial charge in [-0.1, -0.05) is 29.2 Å². The Morgan fingerprint density at radius 3 is 2.68 bits per heavy atom. The van der Waals surface area contributed by atoms with Gasteiger partial charge in [0.2, 0.25) is 0 Å². The molecule has 1 unspecified atom stereocenters. The van der Waals surface area contributed by atoms with E-state index in [9.17, 15) is 5.11 Å². The van der Waals surface area contributed by atoms with E-state index in [0.717, 1.165) is 22.5 Å². The molecule has 1 fully saturated rings. The third kappa shape index (κ3) is 4.62. The van der Waals surface area contributed by atoms with E-state index in [4.69, 9.17) is 4.74 Å². The quantitative estimate of drug-likeness (QED) is 0.813. The molecule has 1 aliphatic carbocycles. The van der Waals surface area contributed by atoms with Crippen LogP contribution in [0.1, 0.15) is 36.6 Å². The minimum absolute atomic E-state index is 0.319. The Labute approximate surface area is 165 Å². The van der Waals surface area contributed by atoms with Crippen LogP contribution in [0.25, 0.3) is 0 Å². The standard InChI is InChI=1S/C22H24N4O2/c1-16-11-21(28-15-20-14-25(2)24-23-20)12-22(27)26(16)13-19-9-7-18(8-10-19)6-5-17-3-4-17/h7-12,14,17,22,27H,3-4,13,15H2,1-2H3. The van der Waals surface area contributed by atoms with Gasteiger partial charge in [0, 0.05) is 36.8 Å². The Balaban J connectivity index is 1.36. The summed E-state index contributed by atoms with van der Waals surface area (Å²) in [5.74, 6) is 7.75. The van der Waals surface area contributed by atoms with E-state index in [1.165, 1.54) is 12.8 Å². The molecule has 0 amide bonds. The highest BCUT2D eigenvalue weighted by atomic mass is 16.5. The molecular weight excluding hydrogens is 352 g/mol. The van der Waals surface area contributed by atoms with E-state index < -0.39 is 6.23 Å². The summed E-state index contributed by atoms with van der Waals surface area (Å²) in [7, 11) is 1.81. The van der Waals surface area contributed by atoms with Crippen LogP contribution in [0.5, 0.6) is 0 Å². The van der Waals surface area contributed by atoms with E-state index >= 15 is 0 Å². The Hall–Kier alpha value is -3.04. The van der Waals surface area contributed by atoms with E-state index in [1.54, 1.807) is 17.0 Å². The monoisotopic (exact) mass is 376 g/mol. The van der Waals surface area contributed by atoms with Crippen molar-refractivity contribution in [3.05, 3.63) is 70.9 Å². The number of ether oxygens (including phenoxy) is 1. The summed E-state index contributed by atoms with van der Waals surface area (Å²) in [6, 6.07) is 8.23. The molecule has 144 valence electrons. The van der Waals surface area contributed by atoms with Crippen molar-refractivity contribution in [2.45, 2.75) is 39.1 Å². The highest BCUT2D eigenvalue weighted by molar-refractivity contribution is 5.37. The largest absolute Gasteiger partial charge is 0.487 e. The predicted octanol–water partition coefficient (Wildman–Crippen LogP) is 2.72. The van der Waals surface area contributed by atoms with Crippen LogP contribution in [0.3, 0.4) is 0 Å². The van der Waals surface area contributed by atoms with Gasteiger partial charge in [-0.15, -0.1) is 5.10 Å². The number of benzene rings is 1. The Morgan fingerprint density at radius 1 is 1.25 bits per heavy atom. The molecule has 0 spiro atoms. The summed E-state index contributed by atoms with van der Waals surface area (Å²) in [5, 5.41) is 18.4. The number of aliphatic hydroxyl groups is 1. The van der Waals surface area contributed by atoms with Gasteiger partial charge in [-0.2, -0.15) is 0 Å². The molecule has 2 aromatic rings. The second-order valence-corrected chi connectivity index (χ2v) is 7.31. The average molecular weight is 376 g/mol. The number of allylic oxidation sites excluding steroid dienone is 2. The lowest BCUT2D eigenvalue weighted by atomic mass is 10.1. The molecule has 1 saturated carbocycles. The summed E-state index contributed by atoms with van der Waals surface area (Å²) in [5.41, 5.74) is 3.86. The van der Waals surface area contributed by atoms with E-state index in [1.807, 2.05) is 37.1 Å². The van der Waals surface area contributed by atoms with Crippen molar-refractivity contribution in [2.75, 3.05) is 0 Å². The van der Waals surface area contributed by atoms with E-state index in [0.29, 0.717) is 24.8 Å². The molecule has 1 aromatic heterocycles. The van der Waals surface area contributed by atoms with Gasteiger partial charge in [-0.3, -0.25) is 4.68 Å². The first-order chi connectivity index (χ1) is 13.6. The molecule has 2 aliphatic rings. The van der Waals surface area contributed by atoms with Crippen molar-refractivity contribution in [3.8, 4) is 11.8 Å². The molecule has 1 aliphatic heterocycles. The highest BCUT2D eigenvalue weighted by Gasteiger charge is 2.21. The molecule has 0 bridgehead atoms. The Kier molecular flexibility index (Phi) is 5.18. The first kappa shape index (κ1) is 18.3. The smallest absolute Gasteiger partial charge is 0.150 e. The van der Waals surface area contributed by atoms with Crippen molar-refractivity contribution in [2.24, 2.45) is 13.0 Å². The minimum atomic E-state index is -0.740. The lowest BCUT2D eigenvalue weighted by Crippen LogP contribution is -2.34. The van der Waals surface area contributed by atoms with Gasteiger partial charge in [0.05, 0.1) is 6.20 Å². The first-order valence-electron chi connectivity index (χ1n) is 9.50. The number of aryl methyl sites for hydroxylation is 1. The van der Waals surface area contributed by atoms with Gasteiger partial charge in [-0.25, -0.2) is 0 Å². The van der Waals surface area contributed by atoms with Crippen LogP contribution in [0.15, 0.2) is 54.1 Å². The number of rotatable bonds is 5. The molecule has 1 N–H and O–H groups in total. The fourth-order valence-electron chi connectivity index (χ4n) is 3.01. The molecular formula is C22H24N4O2. The van der Waals surface area contributed by atoms with Crippen molar-refractivity contribution >= 4 is 0 Å². The van der Waals surface area contributed by atoms with Crippen molar-refractivity contribution in [1.82, 2.24) is 19.9 Å². The SMILES string of the molecule is CC1=CC(OCc2cn(C)nn2)=CC(O)N1Cc1ccc(C#CC2CC2)cc1. The second-order valence-electron chi connectivity index (χ2n) is 7.31. The van der Waals surface area contributed by atoms with Crippen LogP contribution in [0.4, 0.5) is 0 Å². The predicted molar refractivity (Wildman–Crippen MR) is 105 cm³/mol. The van der Waals surface area contributed by atoms with Crippen molar-refractivity contribution in [1.29, 1.82) is 0 Å². The summed E-state index contributed by atoms with van der Waals surface area (Å²) < 4.78 is 7.39. The average Bonchev–Trinajstić information content (AvgIpc) is 3.42. The number of aromatic nitrogens is 3. The zero-order valence-corrected chi connectivity index (χ0v) is 16.2. The maximum Gasteiger partial charge on any atom is 0.150 e. The number of hydrogen-bond acceptors (Lipinski definition) is 5. The third-order valence-corrected chi connectivity index (χ3v) is 4.78. The fourth-order valence-corrected chi connectivity index (χ4v) is 3.01. The Bertz CT molecular complexity index is 958. The number of hydrogen-bond donors (Lipinski definition) is 1. The van der Waals surface area contributed by atoms with Crippen LogP contribution in [0, 0.1) is 17.8 Å². The maximum absolute atomic E-state index is 10.6. The van der Waals surface area contributed by atoms with Crippen LogP contribution < -0.4 is 0 Å². The van der Waals surface area contributed by atoms with E-state index in [-0.39, 0.29) is 0 Å². The molecule has 0 saturated heterocycles. The first-order valence-corrected chi connectivity index (χ1v) is 9.50. The Morgan fingerprint density at radius 2 is 2.04 bits per heavy atom. The van der Waals surface area contributed by atoms with Gasteiger partial charge in [0.1, 0.15) is 24.3 Å². The number of nitrogens with zero attached hydrogens (tertiary/aromatic N) is 4. The lowest BCUT2D eigenvalue weighted by Gasteiger charge is -2.32. The van der Waals surface area contributed by atoms with Crippen molar-refractivity contribution in [3.63, 3.8) is 0 Å². The van der Waals surface area contributed by atoms with Crippen molar-refractivity contribution < 1.29 is 9.84 Å². The van der Waals surface area contributed by atoms with Crippen LogP contribution >= 0.6 is 0 Å². The third-order valence-electron chi connectivity index (χ3n) is 4.78. The van der Waals surface area contributed by atoms with Gasteiger partial charge >= 0.3 is 0 Å².